The van der Waals surface area contributed by atoms with Crippen LogP contribution in [0.3, 0.4) is 0 Å². The Kier molecular flexibility index (Phi) is 5.69. The predicted octanol–water partition coefficient (Wildman–Crippen LogP) is 3.36. The highest BCUT2D eigenvalue weighted by atomic mass is 127. The number of carbonyl (C=O) groups excluding carboxylic acids is 1. The Morgan fingerprint density at radius 1 is 1.58 bits per heavy atom. The molecule has 108 valence electrons. The number of carbonyl (C=O) groups is 1. The zero-order chi connectivity index (χ0) is 13.8. The van der Waals surface area contributed by atoms with E-state index < -0.39 is 0 Å². The minimum Gasteiger partial charge on any atom is -0.465 e. The fourth-order valence-electron chi connectivity index (χ4n) is 3.43. The van der Waals surface area contributed by atoms with Gasteiger partial charge in [0, 0.05) is 17.0 Å². The van der Waals surface area contributed by atoms with Crippen LogP contribution >= 0.6 is 22.6 Å². The van der Waals surface area contributed by atoms with Gasteiger partial charge in [0.05, 0.1) is 18.6 Å². The Labute approximate surface area is 129 Å². The molecule has 0 aromatic rings. The van der Waals surface area contributed by atoms with Gasteiger partial charge in [-0.3, -0.25) is 4.79 Å². The molecule has 2 aliphatic rings. The highest BCUT2D eigenvalue weighted by molar-refractivity contribution is 14.1. The van der Waals surface area contributed by atoms with Crippen molar-refractivity contribution >= 4 is 28.6 Å². The highest BCUT2D eigenvalue weighted by Crippen LogP contribution is 2.40. The Hall–Kier alpha value is -0.100. The molecule has 1 aliphatic heterocycles. The number of hydrogen-bond acceptors (Lipinski definition) is 3. The number of alkyl halides is 1. The first-order chi connectivity index (χ1) is 9.17. The summed E-state index contributed by atoms with van der Waals surface area (Å²) in [6.45, 7) is 4.43. The maximum absolute atomic E-state index is 11.8. The molecule has 0 radical (unpaired) electrons. The van der Waals surface area contributed by atoms with E-state index in [0.29, 0.717) is 22.4 Å². The van der Waals surface area contributed by atoms with Gasteiger partial charge in [0.15, 0.2) is 0 Å². The zero-order valence-electron chi connectivity index (χ0n) is 11.5. The largest absolute Gasteiger partial charge is 0.465 e. The number of halogens is 1. The van der Waals surface area contributed by atoms with E-state index in [-0.39, 0.29) is 18.0 Å². The van der Waals surface area contributed by atoms with Gasteiger partial charge in [0.1, 0.15) is 0 Å². The maximum atomic E-state index is 11.8. The molecular weight excluding hydrogens is 355 g/mol. The molecule has 2 fully saturated rings. The summed E-state index contributed by atoms with van der Waals surface area (Å²) >= 11 is 2.56. The Bertz CT molecular complexity index is 331. The SMILES string of the molecule is C=CC[C@H](OC)[C@H]1C[C@H]2COC(=O)[C@@H]2CCCC1I. The van der Waals surface area contributed by atoms with Crippen LogP contribution < -0.4 is 0 Å². The molecule has 5 atom stereocenters. The van der Waals surface area contributed by atoms with Crippen molar-refractivity contribution in [2.75, 3.05) is 13.7 Å². The molecule has 1 aliphatic carbocycles. The second kappa shape index (κ2) is 7.07. The van der Waals surface area contributed by atoms with Crippen LogP contribution in [0.4, 0.5) is 0 Å². The number of esters is 1. The van der Waals surface area contributed by atoms with Gasteiger partial charge in [-0.05, 0) is 31.6 Å². The van der Waals surface area contributed by atoms with Crippen molar-refractivity contribution in [3.8, 4) is 0 Å². The molecule has 0 aromatic carbocycles. The number of cyclic esters (lactones) is 1. The van der Waals surface area contributed by atoms with Crippen LogP contribution in [0.1, 0.15) is 32.1 Å². The maximum Gasteiger partial charge on any atom is 0.309 e. The lowest BCUT2D eigenvalue weighted by Crippen LogP contribution is -2.35. The third-order valence-electron chi connectivity index (χ3n) is 4.53. The molecule has 0 amide bonds. The van der Waals surface area contributed by atoms with E-state index in [2.05, 4.69) is 29.2 Å². The summed E-state index contributed by atoms with van der Waals surface area (Å²) in [7, 11) is 1.78. The molecular formula is C15H23IO3. The molecule has 1 saturated heterocycles. The van der Waals surface area contributed by atoms with E-state index >= 15 is 0 Å². The van der Waals surface area contributed by atoms with Crippen LogP contribution in [-0.2, 0) is 14.3 Å². The third-order valence-corrected chi connectivity index (χ3v) is 6.07. The normalized spacial score (nSPS) is 36.8. The predicted molar refractivity (Wildman–Crippen MR) is 83.3 cm³/mol. The molecule has 0 spiro atoms. The molecule has 3 nitrogen and oxygen atoms in total. The van der Waals surface area contributed by atoms with Crippen LogP contribution in [0.5, 0.6) is 0 Å². The van der Waals surface area contributed by atoms with Gasteiger partial charge in [0.2, 0.25) is 0 Å². The van der Waals surface area contributed by atoms with Crippen molar-refractivity contribution in [1.29, 1.82) is 0 Å². The minimum absolute atomic E-state index is 0.0216. The molecule has 1 heterocycles. The fraction of sp³-hybridized carbons (Fsp3) is 0.800. The average molecular weight is 378 g/mol. The molecule has 0 N–H and O–H groups in total. The monoisotopic (exact) mass is 378 g/mol. The van der Waals surface area contributed by atoms with Gasteiger partial charge in [-0.15, -0.1) is 6.58 Å². The lowest BCUT2D eigenvalue weighted by atomic mass is 9.76. The van der Waals surface area contributed by atoms with Crippen LogP contribution in [0.15, 0.2) is 12.7 Å². The standard InChI is InChI=1S/C15H23IO3/c1-3-5-14(18-2)12-8-10-9-19-15(17)11(10)6-4-7-13(12)16/h3,10-14H,1,4-9H2,2H3/t10-,11+,12-,13?,14-/m0/s1. The molecule has 1 saturated carbocycles. The lowest BCUT2D eigenvalue weighted by molar-refractivity contribution is -0.141. The summed E-state index contributed by atoms with van der Waals surface area (Å²) in [5.41, 5.74) is 0. The first-order valence-electron chi connectivity index (χ1n) is 7.11. The number of fused-ring (bicyclic) bond motifs is 1. The highest BCUT2D eigenvalue weighted by Gasteiger charge is 2.42. The van der Waals surface area contributed by atoms with Crippen molar-refractivity contribution in [2.24, 2.45) is 17.8 Å². The van der Waals surface area contributed by atoms with Crippen LogP contribution in [0, 0.1) is 17.8 Å². The topological polar surface area (TPSA) is 35.5 Å². The summed E-state index contributed by atoms with van der Waals surface area (Å²) < 4.78 is 11.5. The molecule has 0 aromatic heterocycles. The lowest BCUT2D eigenvalue weighted by Gasteiger charge is -2.34. The second-order valence-corrected chi connectivity index (χ2v) is 7.24. The number of hydrogen-bond donors (Lipinski definition) is 0. The second-order valence-electron chi connectivity index (χ2n) is 5.64. The van der Waals surface area contributed by atoms with Gasteiger partial charge in [0.25, 0.3) is 0 Å². The molecule has 2 rings (SSSR count). The Balaban J connectivity index is 2.11. The van der Waals surface area contributed by atoms with Crippen molar-refractivity contribution in [3.63, 3.8) is 0 Å². The van der Waals surface area contributed by atoms with E-state index in [4.69, 9.17) is 9.47 Å². The van der Waals surface area contributed by atoms with Crippen molar-refractivity contribution < 1.29 is 14.3 Å². The molecule has 1 unspecified atom stereocenters. The smallest absolute Gasteiger partial charge is 0.309 e. The summed E-state index contributed by atoms with van der Waals surface area (Å²) in [5, 5.41) is 0. The average Bonchev–Trinajstić information content (AvgIpc) is 2.72. The van der Waals surface area contributed by atoms with Gasteiger partial charge in [-0.1, -0.05) is 35.1 Å². The van der Waals surface area contributed by atoms with Gasteiger partial charge in [-0.25, -0.2) is 0 Å². The van der Waals surface area contributed by atoms with Crippen molar-refractivity contribution in [3.05, 3.63) is 12.7 Å². The zero-order valence-corrected chi connectivity index (χ0v) is 13.7. The fourth-order valence-corrected chi connectivity index (χ4v) is 4.63. The van der Waals surface area contributed by atoms with E-state index in [1.54, 1.807) is 7.11 Å². The summed E-state index contributed by atoms with van der Waals surface area (Å²) in [6, 6.07) is 0. The van der Waals surface area contributed by atoms with E-state index in [1.807, 2.05) is 6.08 Å². The number of methoxy groups -OCH3 is 1. The summed E-state index contributed by atoms with van der Waals surface area (Å²) in [6.07, 6.45) is 7.35. The quantitative estimate of drug-likeness (QED) is 0.326. The molecule has 0 bridgehead atoms. The number of ether oxygens (including phenoxy) is 2. The first-order valence-corrected chi connectivity index (χ1v) is 8.36. The van der Waals surface area contributed by atoms with Gasteiger partial charge in [-0.2, -0.15) is 0 Å². The summed E-state index contributed by atoms with van der Waals surface area (Å²) in [4.78, 5) is 11.8. The van der Waals surface area contributed by atoms with Crippen LogP contribution in [-0.4, -0.2) is 29.7 Å². The van der Waals surface area contributed by atoms with E-state index in [0.717, 1.165) is 25.7 Å². The minimum atomic E-state index is 0.0216. The van der Waals surface area contributed by atoms with Crippen molar-refractivity contribution in [1.82, 2.24) is 0 Å². The summed E-state index contributed by atoms with van der Waals surface area (Å²) in [5.74, 6) is 1.03. The van der Waals surface area contributed by atoms with E-state index in [9.17, 15) is 4.79 Å². The van der Waals surface area contributed by atoms with E-state index in [1.165, 1.54) is 6.42 Å². The molecule has 4 heteroatoms. The van der Waals surface area contributed by atoms with Gasteiger partial charge < -0.3 is 9.47 Å². The number of rotatable bonds is 4. The van der Waals surface area contributed by atoms with Crippen LogP contribution in [0.2, 0.25) is 0 Å². The Morgan fingerprint density at radius 3 is 3.05 bits per heavy atom. The van der Waals surface area contributed by atoms with Crippen LogP contribution in [0.25, 0.3) is 0 Å². The third kappa shape index (κ3) is 3.51. The Morgan fingerprint density at radius 2 is 2.37 bits per heavy atom. The first kappa shape index (κ1) is 15.3. The molecule has 19 heavy (non-hydrogen) atoms. The van der Waals surface area contributed by atoms with Gasteiger partial charge >= 0.3 is 5.97 Å². The van der Waals surface area contributed by atoms with Crippen molar-refractivity contribution in [2.45, 2.75) is 42.1 Å².